The van der Waals surface area contributed by atoms with Crippen LogP contribution in [0.25, 0.3) is 11.1 Å². The fourth-order valence-corrected chi connectivity index (χ4v) is 3.42. The number of hydrogen-bond donors (Lipinski definition) is 0. The summed E-state index contributed by atoms with van der Waals surface area (Å²) < 4.78 is 5.74. The summed E-state index contributed by atoms with van der Waals surface area (Å²) in [5.74, 6) is 0.0714. The van der Waals surface area contributed by atoms with Gasteiger partial charge < -0.3 is 9.64 Å². The lowest BCUT2D eigenvalue weighted by molar-refractivity contribution is 0.00709. The maximum Gasteiger partial charge on any atom is 0.253 e. The molecular weight excluding hydrogens is 338 g/mol. The number of nitrogens with zero attached hydrogens (tertiary/aromatic N) is 1. The molecule has 142 valence electrons. The van der Waals surface area contributed by atoms with Crippen molar-refractivity contribution in [3.05, 3.63) is 59.7 Å². The molecule has 1 saturated heterocycles. The molecule has 1 amide bonds. The van der Waals surface area contributed by atoms with Crippen LogP contribution in [-0.4, -0.2) is 42.9 Å². The predicted octanol–water partition coefficient (Wildman–Crippen LogP) is 4.59. The SMILES string of the molecule is CC(=O)c1cccc(-c2ccc(C(=O)N(C)CCC3CCCCO3)cc2)c1. The average Bonchev–Trinajstić information content (AvgIpc) is 2.72. The minimum atomic E-state index is 0.0230. The molecule has 4 nitrogen and oxygen atoms in total. The van der Waals surface area contributed by atoms with Gasteiger partial charge in [0.1, 0.15) is 0 Å². The van der Waals surface area contributed by atoms with Gasteiger partial charge in [0, 0.05) is 31.3 Å². The smallest absolute Gasteiger partial charge is 0.253 e. The van der Waals surface area contributed by atoms with Gasteiger partial charge in [-0.3, -0.25) is 9.59 Å². The molecule has 0 aromatic heterocycles. The van der Waals surface area contributed by atoms with Crippen LogP contribution in [0.4, 0.5) is 0 Å². The molecule has 0 radical (unpaired) electrons. The molecule has 0 spiro atoms. The van der Waals surface area contributed by atoms with Crippen molar-refractivity contribution >= 4 is 11.7 Å². The standard InChI is InChI=1S/C23H27NO3/c1-17(25)20-6-5-7-21(16-20)18-9-11-19(12-10-18)23(26)24(2)14-13-22-8-3-4-15-27-22/h5-7,9-12,16,22H,3-4,8,13-15H2,1-2H3. The Morgan fingerprint density at radius 2 is 1.81 bits per heavy atom. The van der Waals surface area contributed by atoms with E-state index < -0.39 is 0 Å². The van der Waals surface area contributed by atoms with Crippen molar-refractivity contribution in [3.63, 3.8) is 0 Å². The molecule has 0 bridgehead atoms. The second-order valence-electron chi connectivity index (χ2n) is 7.22. The van der Waals surface area contributed by atoms with E-state index >= 15 is 0 Å². The Labute approximate surface area is 161 Å². The highest BCUT2D eigenvalue weighted by atomic mass is 16.5. The van der Waals surface area contributed by atoms with E-state index in [4.69, 9.17) is 4.74 Å². The summed E-state index contributed by atoms with van der Waals surface area (Å²) in [7, 11) is 1.84. The van der Waals surface area contributed by atoms with Crippen LogP contribution in [0.1, 0.15) is 53.3 Å². The number of benzene rings is 2. The number of carbonyl (C=O) groups excluding carboxylic acids is 2. The first-order chi connectivity index (χ1) is 13.0. The number of amides is 1. The lowest BCUT2D eigenvalue weighted by Gasteiger charge is -2.25. The van der Waals surface area contributed by atoms with Crippen molar-refractivity contribution in [3.8, 4) is 11.1 Å². The molecule has 27 heavy (non-hydrogen) atoms. The normalized spacial score (nSPS) is 16.7. The minimum Gasteiger partial charge on any atom is -0.378 e. The minimum absolute atomic E-state index is 0.0230. The van der Waals surface area contributed by atoms with E-state index in [2.05, 4.69) is 0 Å². The molecule has 0 aliphatic carbocycles. The Balaban J connectivity index is 1.62. The molecule has 1 aliphatic rings. The van der Waals surface area contributed by atoms with E-state index in [1.807, 2.05) is 55.6 Å². The van der Waals surface area contributed by atoms with E-state index in [1.54, 1.807) is 11.8 Å². The topological polar surface area (TPSA) is 46.6 Å². The predicted molar refractivity (Wildman–Crippen MR) is 107 cm³/mol. The van der Waals surface area contributed by atoms with Gasteiger partial charge >= 0.3 is 0 Å². The molecule has 2 aromatic rings. The first kappa shape index (κ1) is 19.3. The molecule has 0 N–H and O–H groups in total. The summed E-state index contributed by atoms with van der Waals surface area (Å²) >= 11 is 0. The van der Waals surface area contributed by atoms with Crippen molar-refractivity contribution in [1.82, 2.24) is 4.90 Å². The molecule has 1 atom stereocenters. The third kappa shape index (κ3) is 5.04. The lowest BCUT2D eigenvalue weighted by Crippen LogP contribution is -2.31. The van der Waals surface area contributed by atoms with Crippen molar-refractivity contribution in [2.24, 2.45) is 0 Å². The first-order valence-electron chi connectivity index (χ1n) is 9.63. The van der Waals surface area contributed by atoms with Crippen molar-refractivity contribution in [2.75, 3.05) is 20.2 Å². The molecule has 0 saturated carbocycles. The van der Waals surface area contributed by atoms with Crippen LogP contribution in [0.2, 0.25) is 0 Å². The van der Waals surface area contributed by atoms with Gasteiger partial charge in [0.05, 0.1) is 6.10 Å². The highest BCUT2D eigenvalue weighted by Crippen LogP contribution is 2.22. The quantitative estimate of drug-likeness (QED) is 0.704. The zero-order chi connectivity index (χ0) is 19.2. The van der Waals surface area contributed by atoms with Crippen LogP contribution < -0.4 is 0 Å². The zero-order valence-corrected chi connectivity index (χ0v) is 16.1. The van der Waals surface area contributed by atoms with Gasteiger partial charge in [-0.05, 0) is 61.9 Å². The zero-order valence-electron chi connectivity index (χ0n) is 16.1. The Morgan fingerprint density at radius 3 is 2.48 bits per heavy atom. The molecular formula is C23H27NO3. The molecule has 3 rings (SSSR count). The number of ether oxygens (including phenoxy) is 1. The Hall–Kier alpha value is -2.46. The van der Waals surface area contributed by atoms with Crippen LogP contribution in [0.3, 0.4) is 0 Å². The molecule has 1 unspecified atom stereocenters. The first-order valence-corrected chi connectivity index (χ1v) is 9.63. The fraction of sp³-hybridized carbons (Fsp3) is 0.391. The second-order valence-corrected chi connectivity index (χ2v) is 7.22. The molecule has 1 fully saturated rings. The van der Waals surface area contributed by atoms with Gasteiger partial charge in [-0.15, -0.1) is 0 Å². The third-order valence-corrected chi connectivity index (χ3v) is 5.14. The van der Waals surface area contributed by atoms with Crippen LogP contribution in [-0.2, 0) is 4.74 Å². The summed E-state index contributed by atoms with van der Waals surface area (Å²) in [6.07, 6.45) is 4.63. The van der Waals surface area contributed by atoms with E-state index in [-0.39, 0.29) is 17.8 Å². The van der Waals surface area contributed by atoms with Crippen LogP contribution in [0.15, 0.2) is 48.5 Å². The van der Waals surface area contributed by atoms with Crippen LogP contribution in [0.5, 0.6) is 0 Å². The van der Waals surface area contributed by atoms with Gasteiger partial charge in [-0.1, -0.05) is 30.3 Å². The molecule has 4 heteroatoms. The molecule has 2 aromatic carbocycles. The number of Topliss-reactive ketones (excluding diaryl/α,β-unsaturated/α-hetero) is 1. The van der Waals surface area contributed by atoms with Gasteiger partial charge in [0.25, 0.3) is 5.91 Å². The number of rotatable bonds is 6. The Bertz CT molecular complexity index is 792. The van der Waals surface area contributed by atoms with E-state index in [9.17, 15) is 9.59 Å². The van der Waals surface area contributed by atoms with Crippen molar-refractivity contribution in [1.29, 1.82) is 0 Å². The fourth-order valence-electron chi connectivity index (χ4n) is 3.42. The van der Waals surface area contributed by atoms with Crippen LogP contribution >= 0.6 is 0 Å². The summed E-state index contributed by atoms with van der Waals surface area (Å²) in [4.78, 5) is 26.0. The second kappa shape index (κ2) is 8.96. The van der Waals surface area contributed by atoms with Crippen molar-refractivity contribution < 1.29 is 14.3 Å². The largest absolute Gasteiger partial charge is 0.378 e. The third-order valence-electron chi connectivity index (χ3n) is 5.14. The summed E-state index contributed by atoms with van der Waals surface area (Å²) in [5.41, 5.74) is 3.34. The number of ketones is 1. The van der Waals surface area contributed by atoms with E-state index in [0.717, 1.165) is 37.0 Å². The Kier molecular flexibility index (Phi) is 6.40. The lowest BCUT2D eigenvalue weighted by atomic mass is 10.0. The molecule has 1 heterocycles. The number of carbonyl (C=O) groups is 2. The summed E-state index contributed by atoms with van der Waals surface area (Å²) in [6.45, 7) is 3.11. The number of hydrogen-bond acceptors (Lipinski definition) is 3. The highest BCUT2D eigenvalue weighted by Gasteiger charge is 2.17. The highest BCUT2D eigenvalue weighted by molar-refractivity contribution is 5.96. The van der Waals surface area contributed by atoms with E-state index in [0.29, 0.717) is 17.7 Å². The van der Waals surface area contributed by atoms with E-state index in [1.165, 1.54) is 6.42 Å². The molecule has 1 aliphatic heterocycles. The van der Waals surface area contributed by atoms with Gasteiger partial charge in [0.15, 0.2) is 5.78 Å². The van der Waals surface area contributed by atoms with Gasteiger partial charge in [-0.25, -0.2) is 0 Å². The average molecular weight is 365 g/mol. The monoisotopic (exact) mass is 365 g/mol. The van der Waals surface area contributed by atoms with Crippen molar-refractivity contribution in [2.45, 2.75) is 38.7 Å². The maximum atomic E-state index is 12.6. The van der Waals surface area contributed by atoms with Gasteiger partial charge in [0.2, 0.25) is 0 Å². The van der Waals surface area contributed by atoms with Crippen LogP contribution in [0, 0.1) is 0 Å². The van der Waals surface area contributed by atoms with Gasteiger partial charge in [-0.2, -0.15) is 0 Å². The summed E-state index contributed by atoms with van der Waals surface area (Å²) in [6, 6.07) is 15.1. The summed E-state index contributed by atoms with van der Waals surface area (Å²) in [5, 5.41) is 0. The Morgan fingerprint density at radius 1 is 1.04 bits per heavy atom. The maximum absolute atomic E-state index is 12.6.